The summed E-state index contributed by atoms with van der Waals surface area (Å²) in [6.45, 7) is 9.14. The molecule has 0 spiro atoms. The maximum absolute atomic E-state index is 13.9. The Labute approximate surface area is 126 Å². The third kappa shape index (κ3) is 3.51. The summed E-state index contributed by atoms with van der Waals surface area (Å²) < 4.78 is 13.9. The zero-order valence-electron chi connectivity index (χ0n) is 12.5. The lowest BCUT2D eigenvalue weighted by Gasteiger charge is -2.46. The molecule has 0 bridgehead atoms. The molecule has 0 saturated carbocycles. The minimum Gasteiger partial charge on any atom is -0.309 e. The van der Waals surface area contributed by atoms with Gasteiger partial charge in [-0.25, -0.2) is 4.39 Å². The highest BCUT2D eigenvalue weighted by atomic mass is 35.5. The summed E-state index contributed by atoms with van der Waals surface area (Å²) in [4.78, 5) is 2.38. The molecule has 2 nitrogen and oxygen atoms in total. The Morgan fingerprint density at radius 3 is 2.85 bits per heavy atom. The van der Waals surface area contributed by atoms with Crippen LogP contribution in [0.25, 0.3) is 0 Å². The number of hydrogen-bond acceptors (Lipinski definition) is 2. The van der Waals surface area contributed by atoms with Crippen molar-refractivity contribution in [2.24, 2.45) is 0 Å². The van der Waals surface area contributed by atoms with Gasteiger partial charge in [0.1, 0.15) is 5.82 Å². The fraction of sp³-hybridized carbons (Fsp3) is 0.625. The zero-order valence-corrected chi connectivity index (χ0v) is 13.3. The molecule has 0 radical (unpaired) electrons. The van der Waals surface area contributed by atoms with Crippen molar-refractivity contribution in [3.8, 4) is 0 Å². The van der Waals surface area contributed by atoms with E-state index in [4.69, 9.17) is 11.6 Å². The molecule has 1 N–H and O–H groups in total. The smallest absolute Gasteiger partial charge is 0.127 e. The van der Waals surface area contributed by atoms with Crippen molar-refractivity contribution in [1.82, 2.24) is 10.2 Å². The Morgan fingerprint density at radius 2 is 2.20 bits per heavy atom. The molecular formula is C16H24ClFN2. The Hall–Kier alpha value is -0.640. The average molecular weight is 299 g/mol. The highest BCUT2D eigenvalue weighted by molar-refractivity contribution is 6.30. The third-order valence-electron chi connectivity index (χ3n) is 4.47. The van der Waals surface area contributed by atoms with Gasteiger partial charge in [0.25, 0.3) is 0 Å². The first-order valence-electron chi connectivity index (χ1n) is 7.40. The lowest BCUT2D eigenvalue weighted by atomic mass is 9.92. The van der Waals surface area contributed by atoms with Crippen LogP contribution < -0.4 is 5.32 Å². The molecular weight excluding hydrogens is 275 g/mol. The van der Waals surface area contributed by atoms with Crippen LogP contribution in [-0.2, 0) is 6.54 Å². The zero-order chi connectivity index (χ0) is 14.8. The van der Waals surface area contributed by atoms with E-state index >= 15 is 0 Å². The van der Waals surface area contributed by atoms with Gasteiger partial charge in [0.15, 0.2) is 0 Å². The van der Waals surface area contributed by atoms with Gasteiger partial charge < -0.3 is 5.32 Å². The predicted molar refractivity (Wildman–Crippen MR) is 82.6 cm³/mol. The second-order valence-electron chi connectivity index (χ2n) is 6.00. The van der Waals surface area contributed by atoms with E-state index in [1.807, 2.05) is 0 Å². The summed E-state index contributed by atoms with van der Waals surface area (Å²) in [7, 11) is 0. The highest BCUT2D eigenvalue weighted by Crippen LogP contribution is 2.24. The number of hydrogen-bond donors (Lipinski definition) is 1. The molecule has 20 heavy (non-hydrogen) atoms. The van der Waals surface area contributed by atoms with Gasteiger partial charge in [-0.3, -0.25) is 4.90 Å². The van der Waals surface area contributed by atoms with E-state index in [1.165, 1.54) is 6.07 Å². The van der Waals surface area contributed by atoms with Crippen LogP contribution in [0.3, 0.4) is 0 Å². The second-order valence-corrected chi connectivity index (χ2v) is 6.43. The molecule has 2 unspecified atom stereocenters. The second kappa shape index (κ2) is 6.42. The van der Waals surface area contributed by atoms with Crippen molar-refractivity contribution in [1.29, 1.82) is 0 Å². The number of nitrogens with one attached hydrogen (secondary N) is 1. The van der Waals surface area contributed by atoms with E-state index < -0.39 is 0 Å². The van der Waals surface area contributed by atoms with Crippen LogP contribution in [0.15, 0.2) is 18.2 Å². The standard InChI is InChI=1S/C16H24ClFN2/c1-4-14-9-19-16(3,5-2)11-20(14)10-12-8-13(17)6-7-15(12)18/h6-8,14,19H,4-5,9-11H2,1-3H3. The van der Waals surface area contributed by atoms with Gasteiger partial charge >= 0.3 is 0 Å². The molecule has 1 aliphatic heterocycles. The van der Waals surface area contributed by atoms with E-state index in [1.54, 1.807) is 12.1 Å². The fourth-order valence-electron chi connectivity index (χ4n) is 2.83. The van der Waals surface area contributed by atoms with Crippen LogP contribution in [0.4, 0.5) is 4.39 Å². The molecule has 0 aliphatic carbocycles. The number of nitrogens with zero attached hydrogens (tertiary/aromatic N) is 1. The summed E-state index contributed by atoms with van der Waals surface area (Å²) in [6.07, 6.45) is 2.13. The molecule has 4 heteroatoms. The minimum absolute atomic E-state index is 0.112. The number of rotatable bonds is 4. The van der Waals surface area contributed by atoms with Crippen molar-refractivity contribution >= 4 is 11.6 Å². The predicted octanol–water partition coefficient (Wildman–Crippen LogP) is 3.83. The number of halogens is 2. The number of benzene rings is 1. The summed E-state index contributed by atoms with van der Waals surface area (Å²) in [5.41, 5.74) is 0.803. The van der Waals surface area contributed by atoms with E-state index in [0.29, 0.717) is 23.2 Å². The van der Waals surface area contributed by atoms with Gasteiger partial charge in [0, 0.05) is 41.8 Å². The first-order valence-corrected chi connectivity index (χ1v) is 7.78. The molecule has 1 saturated heterocycles. The van der Waals surface area contributed by atoms with Crippen molar-refractivity contribution in [3.63, 3.8) is 0 Å². The normalized spacial score (nSPS) is 27.8. The summed E-state index contributed by atoms with van der Waals surface area (Å²) in [5.74, 6) is -0.166. The molecule has 1 aromatic carbocycles. The van der Waals surface area contributed by atoms with Crippen LogP contribution in [0.2, 0.25) is 5.02 Å². The lowest BCUT2D eigenvalue weighted by molar-refractivity contribution is 0.0745. The lowest BCUT2D eigenvalue weighted by Crippen LogP contribution is -2.62. The number of piperazine rings is 1. The van der Waals surface area contributed by atoms with E-state index in [9.17, 15) is 4.39 Å². The van der Waals surface area contributed by atoms with Crippen molar-refractivity contribution in [2.45, 2.75) is 51.7 Å². The first-order chi connectivity index (χ1) is 9.47. The Bertz CT molecular complexity index is 466. The largest absolute Gasteiger partial charge is 0.309 e. The van der Waals surface area contributed by atoms with Gasteiger partial charge in [-0.1, -0.05) is 25.4 Å². The molecule has 2 rings (SSSR count). The fourth-order valence-corrected chi connectivity index (χ4v) is 3.03. The molecule has 1 fully saturated rings. The molecule has 2 atom stereocenters. The van der Waals surface area contributed by atoms with Crippen molar-refractivity contribution in [3.05, 3.63) is 34.6 Å². The summed E-state index contributed by atoms with van der Waals surface area (Å²) in [5, 5.41) is 4.23. The van der Waals surface area contributed by atoms with Crippen LogP contribution in [-0.4, -0.2) is 29.6 Å². The van der Waals surface area contributed by atoms with E-state index in [0.717, 1.165) is 25.9 Å². The Morgan fingerprint density at radius 1 is 1.45 bits per heavy atom. The van der Waals surface area contributed by atoms with Crippen molar-refractivity contribution < 1.29 is 4.39 Å². The van der Waals surface area contributed by atoms with Crippen LogP contribution in [0.1, 0.15) is 39.2 Å². The van der Waals surface area contributed by atoms with Gasteiger partial charge in [-0.05, 0) is 38.0 Å². The highest BCUT2D eigenvalue weighted by Gasteiger charge is 2.33. The van der Waals surface area contributed by atoms with Crippen LogP contribution in [0, 0.1) is 5.82 Å². The van der Waals surface area contributed by atoms with Gasteiger partial charge in [-0.2, -0.15) is 0 Å². The molecule has 1 aromatic rings. The Kier molecular flexibility index (Phi) is 5.05. The molecule has 112 valence electrons. The van der Waals surface area contributed by atoms with E-state index in [2.05, 4.69) is 31.0 Å². The maximum Gasteiger partial charge on any atom is 0.127 e. The molecule has 0 amide bonds. The van der Waals surface area contributed by atoms with Gasteiger partial charge in [-0.15, -0.1) is 0 Å². The molecule has 1 aliphatic rings. The quantitative estimate of drug-likeness (QED) is 0.909. The topological polar surface area (TPSA) is 15.3 Å². The maximum atomic E-state index is 13.9. The average Bonchev–Trinajstić information content (AvgIpc) is 2.43. The summed E-state index contributed by atoms with van der Waals surface area (Å²) in [6, 6.07) is 5.26. The van der Waals surface area contributed by atoms with Crippen LogP contribution in [0.5, 0.6) is 0 Å². The monoisotopic (exact) mass is 298 g/mol. The van der Waals surface area contributed by atoms with Crippen LogP contribution >= 0.6 is 11.6 Å². The van der Waals surface area contributed by atoms with Gasteiger partial charge in [0.2, 0.25) is 0 Å². The van der Waals surface area contributed by atoms with Crippen molar-refractivity contribution in [2.75, 3.05) is 13.1 Å². The van der Waals surface area contributed by atoms with E-state index in [-0.39, 0.29) is 11.4 Å². The molecule has 0 aromatic heterocycles. The minimum atomic E-state index is -0.166. The third-order valence-corrected chi connectivity index (χ3v) is 4.70. The summed E-state index contributed by atoms with van der Waals surface area (Å²) >= 11 is 5.99. The molecule has 1 heterocycles. The first kappa shape index (κ1) is 15.7. The van der Waals surface area contributed by atoms with Gasteiger partial charge in [0.05, 0.1) is 0 Å². The SMILES string of the molecule is CCC1CNC(C)(CC)CN1Cc1cc(Cl)ccc1F. The Balaban J connectivity index is 2.17.